The van der Waals surface area contributed by atoms with Crippen LogP contribution in [-0.4, -0.2) is 18.7 Å². The van der Waals surface area contributed by atoms with Gasteiger partial charge in [0.1, 0.15) is 5.82 Å². The third-order valence-corrected chi connectivity index (χ3v) is 3.52. The molecule has 0 aliphatic carbocycles. The molecule has 0 spiro atoms. The monoisotopic (exact) mass is 273 g/mol. The number of hydrogen-bond acceptors (Lipinski definition) is 2. The minimum Gasteiger partial charge on any atom is -0.388 e. The molecule has 1 unspecified atom stereocenters. The molecule has 2 aromatic carbocycles. The van der Waals surface area contributed by atoms with Gasteiger partial charge in [-0.3, -0.25) is 0 Å². The van der Waals surface area contributed by atoms with Crippen LogP contribution in [0.3, 0.4) is 0 Å². The quantitative estimate of drug-likeness (QED) is 0.898. The molecule has 0 aliphatic heterocycles. The van der Waals surface area contributed by atoms with E-state index in [1.807, 2.05) is 37.4 Å². The van der Waals surface area contributed by atoms with Crippen LogP contribution < -0.4 is 4.90 Å². The summed E-state index contributed by atoms with van der Waals surface area (Å²) in [6.45, 7) is 2.43. The molecule has 0 radical (unpaired) electrons. The van der Waals surface area contributed by atoms with Crippen molar-refractivity contribution in [2.24, 2.45) is 0 Å². The van der Waals surface area contributed by atoms with Gasteiger partial charge in [-0.1, -0.05) is 30.3 Å². The molecular formula is C17H20FNO. The smallest absolute Gasteiger partial charge is 0.126 e. The molecule has 106 valence electrons. The fraction of sp³-hybridized carbons (Fsp3) is 0.294. The lowest BCUT2D eigenvalue weighted by atomic mass is 10.0. The van der Waals surface area contributed by atoms with E-state index in [1.54, 1.807) is 19.1 Å². The van der Waals surface area contributed by atoms with Gasteiger partial charge in [-0.25, -0.2) is 4.39 Å². The summed E-state index contributed by atoms with van der Waals surface area (Å²) in [5.74, 6) is -0.266. The number of aryl methyl sites for hydroxylation is 1. The lowest BCUT2D eigenvalue weighted by molar-refractivity contribution is 0.169. The van der Waals surface area contributed by atoms with Crippen molar-refractivity contribution in [3.63, 3.8) is 0 Å². The maximum Gasteiger partial charge on any atom is 0.126 e. The van der Waals surface area contributed by atoms with Crippen LogP contribution in [0.2, 0.25) is 0 Å². The Bertz CT molecular complexity index is 556. The Balaban J connectivity index is 1.95. The Hall–Kier alpha value is -1.87. The second kappa shape index (κ2) is 6.53. The number of nitrogens with zero attached hydrogens (tertiary/aromatic N) is 1. The summed E-state index contributed by atoms with van der Waals surface area (Å²) in [5, 5.41) is 10.1. The Labute approximate surface area is 119 Å². The summed E-state index contributed by atoms with van der Waals surface area (Å²) in [7, 11) is 1.98. The molecule has 0 amide bonds. The molecule has 0 saturated heterocycles. The number of hydrogen-bond donors (Lipinski definition) is 1. The summed E-state index contributed by atoms with van der Waals surface area (Å²) in [6, 6.07) is 14.9. The van der Waals surface area contributed by atoms with Crippen LogP contribution in [0.1, 0.15) is 23.7 Å². The second-order valence-corrected chi connectivity index (χ2v) is 5.07. The molecule has 0 aliphatic rings. The Morgan fingerprint density at radius 3 is 2.50 bits per heavy atom. The van der Waals surface area contributed by atoms with Gasteiger partial charge in [0.25, 0.3) is 0 Å². The van der Waals surface area contributed by atoms with Crippen LogP contribution in [0.4, 0.5) is 10.1 Å². The maximum absolute atomic E-state index is 13.5. The molecule has 20 heavy (non-hydrogen) atoms. The van der Waals surface area contributed by atoms with Crippen LogP contribution in [-0.2, 0) is 0 Å². The maximum atomic E-state index is 13.5. The molecule has 0 heterocycles. The van der Waals surface area contributed by atoms with Gasteiger partial charge < -0.3 is 10.0 Å². The lowest BCUT2D eigenvalue weighted by Crippen LogP contribution is -2.20. The van der Waals surface area contributed by atoms with Gasteiger partial charge in [0.2, 0.25) is 0 Å². The van der Waals surface area contributed by atoms with Crippen molar-refractivity contribution >= 4 is 5.69 Å². The second-order valence-electron chi connectivity index (χ2n) is 5.07. The van der Waals surface area contributed by atoms with Crippen LogP contribution in [0.25, 0.3) is 0 Å². The molecular weight excluding hydrogens is 253 g/mol. The molecule has 2 rings (SSSR count). The topological polar surface area (TPSA) is 23.5 Å². The van der Waals surface area contributed by atoms with E-state index in [1.165, 1.54) is 6.07 Å². The van der Waals surface area contributed by atoms with Gasteiger partial charge in [-0.2, -0.15) is 0 Å². The van der Waals surface area contributed by atoms with Gasteiger partial charge in [0.15, 0.2) is 0 Å². The van der Waals surface area contributed by atoms with Crippen LogP contribution >= 0.6 is 0 Å². The van der Waals surface area contributed by atoms with Crippen molar-refractivity contribution in [2.75, 3.05) is 18.5 Å². The fourth-order valence-electron chi connectivity index (χ4n) is 2.11. The number of halogens is 1. The third kappa shape index (κ3) is 3.58. The zero-order valence-corrected chi connectivity index (χ0v) is 11.9. The third-order valence-electron chi connectivity index (χ3n) is 3.52. The predicted octanol–water partition coefficient (Wildman–Crippen LogP) is 3.69. The van der Waals surface area contributed by atoms with Gasteiger partial charge in [-0.05, 0) is 42.7 Å². The first kappa shape index (κ1) is 14.5. The standard InChI is InChI=1S/C17H20FNO/c1-13-8-9-14(12-16(13)18)17(20)10-11-19(2)15-6-4-3-5-7-15/h3-9,12,17,20H,10-11H2,1-2H3. The largest absolute Gasteiger partial charge is 0.388 e. The highest BCUT2D eigenvalue weighted by molar-refractivity contribution is 5.44. The summed E-state index contributed by atoms with van der Waals surface area (Å²) in [4.78, 5) is 2.08. The summed E-state index contributed by atoms with van der Waals surface area (Å²) < 4.78 is 13.5. The predicted molar refractivity (Wildman–Crippen MR) is 80.4 cm³/mol. The average molecular weight is 273 g/mol. The lowest BCUT2D eigenvalue weighted by Gasteiger charge is -2.21. The first-order valence-electron chi connectivity index (χ1n) is 6.78. The number of para-hydroxylation sites is 1. The Kier molecular flexibility index (Phi) is 4.74. The first-order valence-corrected chi connectivity index (χ1v) is 6.78. The van der Waals surface area contributed by atoms with E-state index in [-0.39, 0.29) is 5.82 Å². The molecule has 0 saturated carbocycles. The van der Waals surface area contributed by atoms with E-state index in [9.17, 15) is 9.50 Å². The molecule has 1 atom stereocenters. The van der Waals surface area contributed by atoms with Gasteiger partial charge >= 0.3 is 0 Å². The number of aliphatic hydroxyl groups is 1. The summed E-state index contributed by atoms with van der Waals surface area (Å²) in [6.07, 6.45) is -0.0790. The number of rotatable bonds is 5. The average Bonchev–Trinajstić information content (AvgIpc) is 2.48. The van der Waals surface area contributed by atoms with E-state index in [0.29, 0.717) is 24.1 Å². The van der Waals surface area contributed by atoms with E-state index in [4.69, 9.17) is 0 Å². The number of aliphatic hydroxyl groups excluding tert-OH is 1. The SMILES string of the molecule is Cc1ccc(C(O)CCN(C)c2ccccc2)cc1F. The zero-order valence-electron chi connectivity index (χ0n) is 11.9. The van der Waals surface area contributed by atoms with Crippen molar-refractivity contribution in [3.05, 3.63) is 65.5 Å². The Morgan fingerprint density at radius 2 is 1.85 bits per heavy atom. The van der Waals surface area contributed by atoms with Crippen LogP contribution in [0.5, 0.6) is 0 Å². The van der Waals surface area contributed by atoms with Crippen molar-refractivity contribution in [1.29, 1.82) is 0 Å². The Morgan fingerprint density at radius 1 is 1.15 bits per heavy atom. The highest BCUT2D eigenvalue weighted by Crippen LogP contribution is 2.21. The van der Waals surface area contributed by atoms with Crippen molar-refractivity contribution in [2.45, 2.75) is 19.4 Å². The van der Waals surface area contributed by atoms with Crippen LogP contribution in [0, 0.1) is 12.7 Å². The molecule has 0 fully saturated rings. The zero-order chi connectivity index (χ0) is 14.5. The molecule has 2 nitrogen and oxygen atoms in total. The van der Waals surface area contributed by atoms with Crippen molar-refractivity contribution < 1.29 is 9.50 Å². The fourth-order valence-corrected chi connectivity index (χ4v) is 2.11. The van der Waals surface area contributed by atoms with Gasteiger partial charge in [0.05, 0.1) is 6.10 Å². The molecule has 3 heteroatoms. The van der Waals surface area contributed by atoms with E-state index in [0.717, 1.165) is 5.69 Å². The number of anilines is 1. The van der Waals surface area contributed by atoms with Crippen molar-refractivity contribution in [1.82, 2.24) is 0 Å². The minimum atomic E-state index is -0.642. The summed E-state index contributed by atoms with van der Waals surface area (Å²) >= 11 is 0. The van der Waals surface area contributed by atoms with Gasteiger partial charge in [-0.15, -0.1) is 0 Å². The highest BCUT2D eigenvalue weighted by Gasteiger charge is 2.11. The normalized spacial score (nSPS) is 12.2. The van der Waals surface area contributed by atoms with Crippen LogP contribution in [0.15, 0.2) is 48.5 Å². The number of benzene rings is 2. The van der Waals surface area contributed by atoms with Gasteiger partial charge in [0, 0.05) is 19.3 Å². The molecule has 2 aromatic rings. The molecule has 0 bridgehead atoms. The van der Waals surface area contributed by atoms with E-state index >= 15 is 0 Å². The molecule has 0 aromatic heterocycles. The first-order chi connectivity index (χ1) is 9.58. The van der Waals surface area contributed by atoms with Crippen molar-refractivity contribution in [3.8, 4) is 0 Å². The van der Waals surface area contributed by atoms with E-state index in [2.05, 4.69) is 4.90 Å². The molecule has 1 N–H and O–H groups in total. The minimum absolute atomic E-state index is 0.266. The van der Waals surface area contributed by atoms with E-state index < -0.39 is 6.10 Å². The highest BCUT2D eigenvalue weighted by atomic mass is 19.1. The summed E-state index contributed by atoms with van der Waals surface area (Å²) in [5.41, 5.74) is 2.34.